The summed E-state index contributed by atoms with van der Waals surface area (Å²) < 4.78 is 33.5. The van der Waals surface area contributed by atoms with Crippen molar-refractivity contribution in [3.63, 3.8) is 0 Å². The molecule has 2 aromatic heterocycles. The number of benzene rings is 1. The van der Waals surface area contributed by atoms with Crippen molar-refractivity contribution in [3.05, 3.63) is 58.1 Å². The Morgan fingerprint density at radius 2 is 1.96 bits per heavy atom. The molecule has 1 amide bonds. The minimum absolute atomic E-state index is 0.0477. The maximum absolute atomic E-state index is 13.0. The average molecular weight is 648 g/mol. The second-order valence-electron chi connectivity index (χ2n) is 10.8. The lowest BCUT2D eigenvalue weighted by Gasteiger charge is -2.36. The quantitative estimate of drug-likeness (QED) is 0.0901. The number of anilines is 1. The van der Waals surface area contributed by atoms with E-state index in [0.717, 1.165) is 4.52 Å². The van der Waals surface area contributed by atoms with Crippen molar-refractivity contribution in [2.75, 3.05) is 32.2 Å². The number of aromatic amines is 1. The molecule has 246 valence electrons. The number of amides is 1. The molecule has 5 atom stereocenters. The molecular weight excluding hydrogens is 605 g/mol. The van der Waals surface area contributed by atoms with E-state index in [9.17, 15) is 14.7 Å². The van der Waals surface area contributed by atoms with Crippen molar-refractivity contribution < 1.29 is 33.3 Å². The molecule has 1 fully saturated rings. The minimum Gasteiger partial charge on any atom is -0.394 e. The van der Waals surface area contributed by atoms with Crippen LogP contribution in [-0.2, 0) is 23.4 Å². The number of aliphatic hydroxyl groups excluding tert-OH is 1. The zero-order chi connectivity index (χ0) is 32.5. The van der Waals surface area contributed by atoms with E-state index in [1.54, 1.807) is 43.7 Å². The topological polar surface area (TPSA) is 174 Å². The Balaban J connectivity index is 1.71. The third kappa shape index (κ3) is 8.30. The van der Waals surface area contributed by atoms with E-state index in [0.29, 0.717) is 17.5 Å². The second kappa shape index (κ2) is 16.3. The van der Waals surface area contributed by atoms with Crippen molar-refractivity contribution in [1.82, 2.24) is 24.3 Å². The van der Waals surface area contributed by atoms with Gasteiger partial charge in [0.15, 0.2) is 5.65 Å². The summed E-state index contributed by atoms with van der Waals surface area (Å²) in [6.07, 6.45) is 0.481. The van der Waals surface area contributed by atoms with E-state index in [2.05, 4.69) is 30.2 Å². The fourth-order valence-electron chi connectivity index (χ4n) is 4.98. The number of fused-ring (bicyclic) bond motifs is 1. The number of carbonyl (C=O) groups is 1. The SMILES string of the molecule is CC/C=N/OP(OC1C(CO)OC(c2cnn3c(=O)[nH]c(NC(=O)c4ccccc4)nc23)C1OCCOC)N(C(C)C)C(C)C. The summed E-state index contributed by atoms with van der Waals surface area (Å²) in [5.41, 5.74) is 0.319. The van der Waals surface area contributed by atoms with Gasteiger partial charge in [0.25, 0.3) is 5.91 Å². The van der Waals surface area contributed by atoms with E-state index in [1.807, 2.05) is 34.6 Å². The van der Waals surface area contributed by atoms with Gasteiger partial charge in [-0.25, -0.2) is 9.46 Å². The number of hydrogen-bond acceptors (Lipinski definition) is 12. The van der Waals surface area contributed by atoms with Gasteiger partial charge in [-0.05, 0) is 46.2 Å². The number of nitrogens with zero attached hydrogens (tertiary/aromatic N) is 5. The lowest BCUT2D eigenvalue weighted by Crippen LogP contribution is -2.40. The van der Waals surface area contributed by atoms with E-state index in [-0.39, 0.29) is 43.5 Å². The maximum Gasteiger partial charge on any atom is 0.350 e. The van der Waals surface area contributed by atoms with Crippen molar-refractivity contribution in [1.29, 1.82) is 0 Å². The highest BCUT2D eigenvalue weighted by atomic mass is 31.2. The Hall–Kier alpha value is -3.30. The molecule has 1 aromatic carbocycles. The highest BCUT2D eigenvalue weighted by Crippen LogP contribution is 2.51. The molecule has 0 aliphatic carbocycles. The zero-order valence-corrected chi connectivity index (χ0v) is 27.2. The first-order valence-electron chi connectivity index (χ1n) is 14.8. The number of methoxy groups -OCH3 is 1. The molecule has 16 heteroatoms. The summed E-state index contributed by atoms with van der Waals surface area (Å²) in [6, 6.07) is 8.64. The van der Waals surface area contributed by atoms with Gasteiger partial charge < -0.3 is 28.5 Å². The molecule has 3 heterocycles. The third-order valence-corrected chi connectivity index (χ3v) is 8.86. The van der Waals surface area contributed by atoms with Crippen LogP contribution in [0.5, 0.6) is 0 Å². The summed E-state index contributed by atoms with van der Waals surface area (Å²) >= 11 is 0. The second-order valence-corrected chi connectivity index (χ2v) is 12.1. The van der Waals surface area contributed by atoms with Crippen molar-refractivity contribution in [2.24, 2.45) is 5.16 Å². The number of carbonyl (C=O) groups excluding carboxylic acids is 1. The van der Waals surface area contributed by atoms with Gasteiger partial charge in [0.1, 0.15) is 24.4 Å². The molecule has 0 radical (unpaired) electrons. The molecule has 0 saturated carbocycles. The minimum atomic E-state index is -1.76. The van der Waals surface area contributed by atoms with Gasteiger partial charge in [-0.2, -0.15) is 14.6 Å². The van der Waals surface area contributed by atoms with Crippen LogP contribution in [0.25, 0.3) is 5.65 Å². The van der Waals surface area contributed by atoms with Crippen LogP contribution in [0.1, 0.15) is 63.1 Å². The molecule has 1 aliphatic heterocycles. The number of nitrogens with one attached hydrogen (secondary N) is 2. The highest BCUT2D eigenvalue weighted by Gasteiger charge is 2.50. The van der Waals surface area contributed by atoms with Gasteiger partial charge in [-0.3, -0.25) is 15.1 Å². The Morgan fingerprint density at radius 1 is 1.22 bits per heavy atom. The summed E-state index contributed by atoms with van der Waals surface area (Å²) in [5, 5.41) is 21.4. The van der Waals surface area contributed by atoms with Crippen LogP contribution in [-0.4, -0.2) is 98.8 Å². The molecule has 15 nitrogen and oxygen atoms in total. The number of ether oxygens (including phenoxy) is 3. The molecule has 5 unspecified atom stereocenters. The Morgan fingerprint density at radius 3 is 2.60 bits per heavy atom. The first-order valence-corrected chi connectivity index (χ1v) is 16.0. The summed E-state index contributed by atoms with van der Waals surface area (Å²) in [7, 11) is -0.202. The monoisotopic (exact) mass is 647 g/mol. The number of oxime groups is 1. The first-order chi connectivity index (χ1) is 21.7. The van der Waals surface area contributed by atoms with Crippen LogP contribution in [0.15, 0.2) is 46.5 Å². The molecular formula is C29H42N7O8P. The molecule has 45 heavy (non-hydrogen) atoms. The lowest BCUT2D eigenvalue weighted by molar-refractivity contribution is -0.0504. The van der Waals surface area contributed by atoms with Gasteiger partial charge in [-0.1, -0.05) is 30.3 Å². The predicted octanol–water partition coefficient (Wildman–Crippen LogP) is 3.28. The average Bonchev–Trinajstić information content (AvgIpc) is 3.58. The van der Waals surface area contributed by atoms with Crippen LogP contribution < -0.4 is 11.0 Å². The Labute approximate surface area is 262 Å². The molecule has 3 N–H and O–H groups in total. The molecule has 0 spiro atoms. The van der Waals surface area contributed by atoms with Gasteiger partial charge in [0.2, 0.25) is 5.95 Å². The number of H-pyrrole nitrogens is 1. The highest BCUT2D eigenvalue weighted by molar-refractivity contribution is 7.44. The van der Waals surface area contributed by atoms with Gasteiger partial charge in [0.05, 0.1) is 26.0 Å². The fraction of sp³-hybridized carbons (Fsp3) is 0.552. The standard InChI is InChI=1S/C29H42N7O8P/c1-7-13-31-44-45(36(18(2)3)19(4)5)43-24-22(17-37)42-23(25(24)41-15-14-40-6)21-16-30-35-26(21)32-28(34-29(35)39)33-27(38)20-11-9-8-10-12-20/h8-13,16,18-19,22-25,37H,7,14-15,17H2,1-6H3,(H2,32,33,34,38,39)/b31-13+. The number of aromatic nitrogens is 4. The van der Waals surface area contributed by atoms with Crippen molar-refractivity contribution in [3.8, 4) is 0 Å². The summed E-state index contributed by atoms with van der Waals surface area (Å²) in [6.45, 7) is 10.2. The maximum atomic E-state index is 13.0. The Kier molecular flexibility index (Phi) is 12.5. The largest absolute Gasteiger partial charge is 0.394 e. The van der Waals surface area contributed by atoms with Crippen LogP contribution in [0.4, 0.5) is 5.95 Å². The van der Waals surface area contributed by atoms with Crippen LogP contribution in [0.2, 0.25) is 0 Å². The van der Waals surface area contributed by atoms with Gasteiger partial charge >= 0.3 is 14.2 Å². The molecule has 3 aromatic rings. The van der Waals surface area contributed by atoms with Crippen molar-refractivity contribution >= 4 is 32.2 Å². The van der Waals surface area contributed by atoms with Gasteiger partial charge in [-0.15, -0.1) is 0 Å². The first kappa shape index (κ1) is 34.6. The zero-order valence-electron chi connectivity index (χ0n) is 26.3. The Bertz CT molecular complexity index is 1460. The third-order valence-electron chi connectivity index (χ3n) is 6.90. The van der Waals surface area contributed by atoms with E-state index in [1.165, 1.54) is 6.20 Å². The number of aliphatic hydroxyl groups is 1. The lowest BCUT2D eigenvalue weighted by atomic mass is 10.0. The predicted molar refractivity (Wildman–Crippen MR) is 168 cm³/mol. The van der Waals surface area contributed by atoms with Crippen LogP contribution in [0.3, 0.4) is 0 Å². The molecule has 0 bridgehead atoms. The summed E-state index contributed by atoms with van der Waals surface area (Å²) in [5.74, 6) is -0.519. The van der Waals surface area contributed by atoms with Gasteiger partial charge in [0, 0.05) is 36.5 Å². The van der Waals surface area contributed by atoms with E-state index >= 15 is 0 Å². The normalized spacial score (nSPS) is 21.0. The summed E-state index contributed by atoms with van der Waals surface area (Å²) in [4.78, 5) is 32.8. The molecule has 4 rings (SSSR count). The fourth-order valence-corrected chi connectivity index (χ4v) is 6.57. The van der Waals surface area contributed by atoms with E-state index in [4.69, 9.17) is 23.4 Å². The smallest absolute Gasteiger partial charge is 0.350 e. The number of hydrogen-bond donors (Lipinski definition) is 3. The van der Waals surface area contributed by atoms with Crippen LogP contribution >= 0.6 is 8.53 Å². The number of rotatable bonds is 16. The van der Waals surface area contributed by atoms with E-state index < -0.39 is 44.5 Å². The van der Waals surface area contributed by atoms with Crippen molar-refractivity contribution in [2.45, 2.75) is 77.5 Å². The molecule has 1 aliphatic rings. The van der Waals surface area contributed by atoms with Crippen LogP contribution in [0, 0.1) is 0 Å². The molecule has 1 saturated heterocycles.